The lowest BCUT2D eigenvalue weighted by Crippen LogP contribution is -2.82. The van der Waals surface area contributed by atoms with Crippen LogP contribution in [0, 0.1) is 5.92 Å². The maximum atomic E-state index is 5.27. The molecule has 2 aromatic carbocycles. The molecule has 25 heavy (non-hydrogen) atoms. The minimum Gasteiger partial charge on any atom is -0.497 e. The van der Waals surface area contributed by atoms with Crippen molar-refractivity contribution in [1.29, 1.82) is 0 Å². The lowest BCUT2D eigenvalue weighted by molar-refractivity contribution is -0.671. The average Bonchev–Trinajstić information content (AvgIpc) is 2.62. The zero-order valence-corrected chi connectivity index (χ0v) is 16.3. The fourth-order valence-corrected chi connectivity index (χ4v) is 3.23. The molecule has 3 nitrogen and oxygen atoms in total. The van der Waals surface area contributed by atoms with E-state index in [2.05, 4.69) is 86.7 Å². The summed E-state index contributed by atoms with van der Waals surface area (Å²) in [6, 6.07) is 17.4. The van der Waals surface area contributed by atoms with E-state index in [0.717, 1.165) is 18.8 Å². The number of methoxy groups -OCH3 is 1. The summed E-state index contributed by atoms with van der Waals surface area (Å²) in [5.41, 5.74) is 4.05. The van der Waals surface area contributed by atoms with Crippen LogP contribution in [0.4, 0.5) is 5.69 Å². The Kier molecular flexibility index (Phi) is 7.32. The molecular formula is C22H33N2O+. The summed E-state index contributed by atoms with van der Waals surface area (Å²) in [5, 5.41) is 2.42. The number of benzene rings is 2. The third-order valence-corrected chi connectivity index (χ3v) is 4.86. The highest BCUT2D eigenvalue weighted by Crippen LogP contribution is 2.28. The Labute approximate surface area is 153 Å². The van der Waals surface area contributed by atoms with Crippen LogP contribution in [0.15, 0.2) is 48.5 Å². The van der Waals surface area contributed by atoms with Crippen LogP contribution >= 0.6 is 0 Å². The van der Waals surface area contributed by atoms with Crippen LogP contribution in [0.5, 0.6) is 5.75 Å². The fourth-order valence-electron chi connectivity index (χ4n) is 3.23. The maximum absolute atomic E-state index is 5.27. The molecule has 0 aliphatic carbocycles. The molecule has 0 heterocycles. The molecule has 2 rings (SSSR count). The first kappa shape index (κ1) is 19.3. The summed E-state index contributed by atoms with van der Waals surface area (Å²) < 4.78 is 5.27. The van der Waals surface area contributed by atoms with Gasteiger partial charge >= 0.3 is 0 Å². The molecule has 2 aromatic rings. The average molecular weight is 342 g/mol. The predicted molar refractivity (Wildman–Crippen MR) is 106 cm³/mol. The fraction of sp³-hybridized carbons (Fsp3) is 0.455. The molecule has 3 heteroatoms. The largest absolute Gasteiger partial charge is 0.497 e. The van der Waals surface area contributed by atoms with Crippen molar-refractivity contribution in [1.82, 2.24) is 0 Å². The summed E-state index contributed by atoms with van der Waals surface area (Å²) in [4.78, 5) is 2.13. The molecule has 0 fully saturated rings. The highest BCUT2D eigenvalue weighted by atomic mass is 16.5. The van der Waals surface area contributed by atoms with Gasteiger partial charge in [-0.05, 0) is 41.7 Å². The van der Waals surface area contributed by atoms with Gasteiger partial charge in [-0.15, -0.1) is 0 Å². The minimum absolute atomic E-state index is 0.596. The van der Waals surface area contributed by atoms with Crippen molar-refractivity contribution in [2.75, 3.05) is 32.6 Å². The summed E-state index contributed by atoms with van der Waals surface area (Å²) in [6.45, 7) is 6.81. The summed E-state index contributed by atoms with van der Waals surface area (Å²) >= 11 is 0. The van der Waals surface area contributed by atoms with E-state index in [1.54, 1.807) is 7.11 Å². The zero-order chi connectivity index (χ0) is 18.2. The number of hydrogen-bond donors (Lipinski definition) is 1. The Bertz CT molecular complexity index is 617. The topological polar surface area (TPSA) is 29.1 Å². The van der Waals surface area contributed by atoms with Crippen LogP contribution in [-0.2, 0) is 6.54 Å². The molecular weight excluding hydrogens is 308 g/mol. The first-order valence-corrected chi connectivity index (χ1v) is 9.23. The van der Waals surface area contributed by atoms with E-state index < -0.39 is 0 Å². The van der Waals surface area contributed by atoms with Crippen molar-refractivity contribution in [2.45, 2.75) is 32.7 Å². The van der Waals surface area contributed by atoms with Gasteiger partial charge in [-0.1, -0.05) is 38.1 Å². The second-order valence-electron chi connectivity index (χ2n) is 7.25. The first-order valence-electron chi connectivity index (χ1n) is 9.23. The summed E-state index contributed by atoms with van der Waals surface area (Å²) in [5.74, 6) is 2.17. The van der Waals surface area contributed by atoms with Gasteiger partial charge < -0.3 is 15.0 Å². The van der Waals surface area contributed by atoms with Gasteiger partial charge in [-0.25, -0.2) is 0 Å². The second kappa shape index (κ2) is 9.47. The van der Waals surface area contributed by atoms with Gasteiger partial charge in [-0.2, -0.15) is 0 Å². The number of hydrogen-bond acceptors (Lipinski definition) is 2. The SMILES string of the molecule is COc1ccc([C@H](CC[NH2+]Cc2ccc(N(C)C)cc2)C(C)C)cc1. The van der Waals surface area contributed by atoms with Gasteiger partial charge in [0.1, 0.15) is 12.3 Å². The monoisotopic (exact) mass is 341 g/mol. The maximum Gasteiger partial charge on any atom is 0.118 e. The van der Waals surface area contributed by atoms with Gasteiger partial charge in [-0.3, -0.25) is 0 Å². The standard InChI is InChI=1S/C22H32N2O/c1-17(2)22(19-8-12-21(25-5)13-9-19)14-15-23-16-18-6-10-20(11-7-18)24(3)4/h6-13,17,22-23H,14-16H2,1-5H3/p+1/t22-/m1/s1. The quantitative estimate of drug-likeness (QED) is 0.705. The van der Waals surface area contributed by atoms with E-state index >= 15 is 0 Å². The van der Waals surface area contributed by atoms with E-state index in [-0.39, 0.29) is 0 Å². The van der Waals surface area contributed by atoms with Crippen LogP contribution in [0.25, 0.3) is 0 Å². The number of nitrogens with zero attached hydrogens (tertiary/aromatic N) is 1. The van der Waals surface area contributed by atoms with Gasteiger partial charge in [0.2, 0.25) is 0 Å². The molecule has 0 saturated carbocycles. The van der Waals surface area contributed by atoms with Gasteiger partial charge in [0.15, 0.2) is 0 Å². The van der Waals surface area contributed by atoms with Crippen LogP contribution in [-0.4, -0.2) is 27.7 Å². The molecule has 0 radical (unpaired) electrons. The Morgan fingerprint density at radius 3 is 2.12 bits per heavy atom. The smallest absolute Gasteiger partial charge is 0.118 e. The van der Waals surface area contributed by atoms with Gasteiger partial charge in [0.25, 0.3) is 0 Å². The van der Waals surface area contributed by atoms with Crippen molar-refractivity contribution < 1.29 is 10.1 Å². The number of anilines is 1. The van der Waals surface area contributed by atoms with E-state index in [9.17, 15) is 0 Å². The van der Waals surface area contributed by atoms with Crippen molar-refractivity contribution in [3.8, 4) is 5.75 Å². The Morgan fingerprint density at radius 1 is 0.960 bits per heavy atom. The Hall–Kier alpha value is -2.00. The molecule has 0 aromatic heterocycles. The normalized spacial score (nSPS) is 12.2. The van der Waals surface area contributed by atoms with E-state index in [4.69, 9.17) is 4.74 Å². The zero-order valence-electron chi connectivity index (χ0n) is 16.3. The lowest BCUT2D eigenvalue weighted by Gasteiger charge is -2.21. The molecule has 0 aliphatic rings. The molecule has 0 amide bonds. The highest BCUT2D eigenvalue weighted by Gasteiger charge is 2.16. The predicted octanol–water partition coefficient (Wildman–Crippen LogP) is 3.65. The molecule has 0 saturated heterocycles. The van der Waals surface area contributed by atoms with E-state index in [0.29, 0.717) is 11.8 Å². The summed E-state index contributed by atoms with van der Waals surface area (Å²) in [6.07, 6.45) is 1.19. The molecule has 0 unspecified atom stereocenters. The Balaban J connectivity index is 1.84. The van der Waals surface area contributed by atoms with Crippen molar-refractivity contribution in [3.05, 3.63) is 59.7 Å². The molecule has 1 atom stereocenters. The Morgan fingerprint density at radius 2 is 1.60 bits per heavy atom. The van der Waals surface area contributed by atoms with E-state index in [1.807, 2.05) is 0 Å². The number of rotatable bonds is 9. The molecule has 0 bridgehead atoms. The molecule has 0 spiro atoms. The van der Waals surface area contributed by atoms with Gasteiger partial charge in [0, 0.05) is 31.8 Å². The minimum atomic E-state index is 0.596. The second-order valence-corrected chi connectivity index (χ2v) is 7.25. The van der Waals surface area contributed by atoms with E-state index in [1.165, 1.54) is 23.2 Å². The third kappa shape index (κ3) is 5.79. The van der Waals surface area contributed by atoms with Crippen molar-refractivity contribution in [2.24, 2.45) is 5.92 Å². The first-order chi connectivity index (χ1) is 12.0. The highest BCUT2D eigenvalue weighted by molar-refractivity contribution is 5.45. The summed E-state index contributed by atoms with van der Waals surface area (Å²) in [7, 11) is 5.87. The lowest BCUT2D eigenvalue weighted by atomic mass is 9.86. The van der Waals surface area contributed by atoms with Gasteiger partial charge in [0.05, 0.1) is 13.7 Å². The van der Waals surface area contributed by atoms with Crippen molar-refractivity contribution in [3.63, 3.8) is 0 Å². The number of ether oxygens (including phenoxy) is 1. The van der Waals surface area contributed by atoms with Crippen LogP contribution in [0.2, 0.25) is 0 Å². The number of nitrogens with two attached hydrogens (primary N) is 1. The number of quaternary nitrogens is 1. The van der Waals surface area contributed by atoms with Crippen molar-refractivity contribution >= 4 is 5.69 Å². The molecule has 2 N–H and O–H groups in total. The third-order valence-electron chi connectivity index (χ3n) is 4.86. The van der Waals surface area contributed by atoms with Crippen LogP contribution in [0.1, 0.15) is 37.3 Å². The molecule has 0 aliphatic heterocycles. The molecule has 136 valence electrons. The van der Waals surface area contributed by atoms with Crippen LogP contribution < -0.4 is 15.0 Å². The van der Waals surface area contributed by atoms with Crippen LogP contribution in [0.3, 0.4) is 0 Å².